The first-order valence-electron chi connectivity index (χ1n) is 7.17. The van der Waals surface area contributed by atoms with Crippen molar-refractivity contribution in [2.75, 3.05) is 0 Å². The molecule has 122 valence electrons. The Morgan fingerprint density at radius 2 is 1.96 bits per heavy atom. The third-order valence-electron chi connectivity index (χ3n) is 3.28. The summed E-state index contributed by atoms with van der Waals surface area (Å²) in [6.45, 7) is 0.389. The van der Waals surface area contributed by atoms with Crippen LogP contribution >= 0.6 is 0 Å². The molecule has 1 aromatic carbocycles. The molecule has 24 heavy (non-hydrogen) atoms. The van der Waals surface area contributed by atoms with Crippen LogP contribution in [0.1, 0.15) is 17.9 Å². The van der Waals surface area contributed by atoms with Gasteiger partial charge in [0.15, 0.2) is 0 Å². The van der Waals surface area contributed by atoms with Gasteiger partial charge in [0, 0.05) is 24.4 Å². The zero-order chi connectivity index (χ0) is 16.9. The van der Waals surface area contributed by atoms with E-state index in [1.54, 1.807) is 12.3 Å². The average Bonchev–Trinajstić information content (AvgIpc) is 3.08. The Balaban J connectivity index is 1.75. The third-order valence-corrected chi connectivity index (χ3v) is 3.28. The van der Waals surface area contributed by atoms with Crippen molar-refractivity contribution >= 4 is 6.08 Å². The van der Waals surface area contributed by atoms with Crippen LogP contribution in [0.4, 0.5) is 8.78 Å². The van der Waals surface area contributed by atoms with E-state index in [0.29, 0.717) is 12.1 Å². The summed E-state index contributed by atoms with van der Waals surface area (Å²) in [6.07, 6.45) is 2.49. The van der Waals surface area contributed by atoms with Crippen LogP contribution < -0.4 is 5.56 Å². The van der Waals surface area contributed by atoms with Gasteiger partial charge in [-0.1, -0.05) is 42.5 Å². The van der Waals surface area contributed by atoms with E-state index in [2.05, 4.69) is 10.2 Å². The van der Waals surface area contributed by atoms with Crippen molar-refractivity contribution in [1.29, 1.82) is 0 Å². The molecule has 5 nitrogen and oxygen atoms in total. The second-order valence-electron chi connectivity index (χ2n) is 4.97. The molecule has 3 rings (SSSR count). The van der Waals surface area contributed by atoms with Crippen LogP contribution in [-0.4, -0.2) is 14.8 Å². The van der Waals surface area contributed by atoms with Crippen molar-refractivity contribution in [3.63, 3.8) is 0 Å². The molecule has 2 heterocycles. The van der Waals surface area contributed by atoms with Crippen LogP contribution in [0.3, 0.4) is 0 Å². The van der Waals surface area contributed by atoms with Crippen molar-refractivity contribution in [1.82, 2.24) is 14.8 Å². The predicted molar refractivity (Wildman–Crippen MR) is 84.4 cm³/mol. The number of hydrogen-bond donors (Lipinski definition) is 0. The number of hydrogen-bond acceptors (Lipinski definition) is 4. The zero-order valence-corrected chi connectivity index (χ0v) is 12.5. The number of aromatic nitrogens is 3. The Morgan fingerprint density at radius 3 is 2.62 bits per heavy atom. The van der Waals surface area contributed by atoms with Gasteiger partial charge in [0.25, 0.3) is 11.4 Å². The van der Waals surface area contributed by atoms with Gasteiger partial charge in [-0.05, 0) is 11.6 Å². The molecule has 0 aliphatic carbocycles. The zero-order valence-electron chi connectivity index (χ0n) is 12.5. The highest BCUT2D eigenvalue weighted by atomic mass is 19.3. The summed E-state index contributed by atoms with van der Waals surface area (Å²) in [5.41, 5.74) is 1.05. The van der Waals surface area contributed by atoms with Crippen molar-refractivity contribution in [2.45, 2.75) is 13.0 Å². The number of allylic oxidation sites excluding steroid dienone is 1. The fourth-order valence-corrected chi connectivity index (χ4v) is 2.10. The number of benzene rings is 1. The summed E-state index contributed by atoms with van der Waals surface area (Å²) in [5.74, 6) is -0.866. The maximum absolute atomic E-state index is 12.4. The van der Waals surface area contributed by atoms with Crippen molar-refractivity contribution < 1.29 is 13.2 Å². The molecule has 0 bridgehead atoms. The largest absolute Gasteiger partial charge is 0.415 e. The van der Waals surface area contributed by atoms with Gasteiger partial charge in [0.1, 0.15) is 0 Å². The molecule has 0 atom stereocenters. The number of nitrogens with zero attached hydrogens (tertiary/aromatic N) is 3. The Bertz CT molecular complexity index is 901. The topological polar surface area (TPSA) is 60.9 Å². The van der Waals surface area contributed by atoms with Gasteiger partial charge in [-0.15, -0.1) is 10.2 Å². The van der Waals surface area contributed by atoms with Gasteiger partial charge in [0.05, 0.1) is 0 Å². The molecule has 0 aliphatic rings. The molecule has 0 amide bonds. The standard InChI is InChI=1S/C17H13F2N3O2/c18-15(19)17-21-20-16(24-17)13-8-10-22(14(23)11-13)9-4-7-12-5-2-1-3-6-12/h1-8,10-11,15H,9H2/b7-4+. The van der Waals surface area contributed by atoms with Crippen LogP contribution in [0.25, 0.3) is 17.5 Å². The molecule has 0 saturated carbocycles. The third kappa shape index (κ3) is 3.62. The number of pyridine rings is 1. The molecular formula is C17H13F2N3O2. The lowest BCUT2D eigenvalue weighted by Crippen LogP contribution is -2.17. The van der Waals surface area contributed by atoms with E-state index in [0.717, 1.165) is 5.56 Å². The molecule has 0 N–H and O–H groups in total. The number of halogens is 2. The first-order chi connectivity index (χ1) is 11.6. The molecule has 2 aromatic heterocycles. The van der Waals surface area contributed by atoms with Gasteiger partial charge < -0.3 is 8.98 Å². The molecule has 3 aromatic rings. The highest BCUT2D eigenvalue weighted by Crippen LogP contribution is 2.22. The van der Waals surface area contributed by atoms with Gasteiger partial charge in [-0.2, -0.15) is 8.78 Å². The number of alkyl halides is 2. The number of rotatable bonds is 5. The molecule has 0 unspecified atom stereocenters. The molecule has 0 spiro atoms. The Morgan fingerprint density at radius 1 is 1.17 bits per heavy atom. The Kier molecular flexibility index (Phi) is 4.60. The smallest absolute Gasteiger partial charge is 0.314 e. The predicted octanol–water partition coefficient (Wildman–Crippen LogP) is 3.55. The highest BCUT2D eigenvalue weighted by molar-refractivity contribution is 5.51. The quantitative estimate of drug-likeness (QED) is 0.718. The summed E-state index contributed by atoms with van der Waals surface area (Å²) in [5, 5.41) is 6.76. The average molecular weight is 329 g/mol. The van der Waals surface area contributed by atoms with Crippen LogP contribution in [0.5, 0.6) is 0 Å². The molecule has 0 fully saturated rings. The van der Waals surface area contributed by atoms with E-state index in [1.165, 1.54) is 10.6 Å². The highest BCUT2D eigenvalue weighted by Gasteiger charge is 2.17. The van der Waals surface area contributed by atoms with Gasteiger partial charge >= 0.3 is 6.43 Å². The van der Waals surface area contributed by atoms with E-state index in [4.69, 9.17) is 4.42 Å². The van der Waals surface area contributed by atoms with Crippen LogP contribution in [-0.2, 0) is 6.54 Å². The van der Waals surface area contributed by atoms with Crippen LogP contribution in [0.15, 0.2) is 63.9 Å². The summed E-state index contributed by atoms with van der Waals surface area (Å²) >= 11 is 0. The maximum atomic E-state index is 12.4. The minimum Gasteiger partial charge on any atom is -0.415 e. The molecule has 0 aliphatic heterocycles. The van der Waals surface area contributed by atoms with E-state index >= 15 is 0 Å². The second kappa shape index (κ2) is 6.99. The van der Waals surface area contributed by atoms with Crippen molar-refractivity contribution in [3.05, 3.63) is 76.5 Å². The van der Waals surface area contributed by atoms with Crippen LogP contribution in [0, 0.1) is 0 Å². The lowest BCUT2D eigenvalue weighted by Gasteiger charge is -2.02. The fourth-order valence-electron chi connectivity index (χ4n) is 2.10. The first-order valence-corrected chi connectivity index (χ1v) is 7.17. The summed E-state index contributed by atoms with van der Waals surface area (Å²) in [6, 6.07) is 12.5. The monoisotopic (exact) mass is 329 g/mol. The van der Waals surface area contributed by atoms with Gasteiger partial charge in [-0.3, -0.25) is 4.79 Å². The van der Waals surface area contributed by atoms with Crippen molar-refractivity contribution in [2.24, 2.45) is 0 Å². The second-order valence-corrected chi connectivity index (χ2v) is 4.97. The Hall–Kier alpha value is -3.09. The van der Waals surface area contributed by atoms with Gasteiger partial charge in [0.2, 0.25) is 5.89 Å². The lowest BCUT2D eigenvalue weighted by molar-refractivity contribution is 0.116. The van der Waals surface area contributed by atoms with E-state index in [1.807, 2.05) is 42.5 Å². The van der Waals surface area contributed by atoms with Crippen LogP contribution in [0.2, 0.25) is 0 Å². The minimum atomic E-state index is -2.84. The van der Waals surface area contributed by atoms with E-state index in [9.17, 15) is 13.6 Å². The molecule has 7 heteroatoms. The van der Waals surface area contributed by atoms with E-state index in [-0.39, 0.29) is 11.4 Å². The minimum absolute atomic E-state index is 0.102. The molecule has 0 radical (unpaired) electrons. The summed E-state index contributed by atoms with van der Waals surface area (Å²) < 4.78 is 31.2. The Labute approximate surface area is 135 Å². The summed E-state index contributed by atoms with van der Waals surface area (Å²) in [4.78, 5) is 12.1. The van der Waals surface area contributed by atoms with Gasteiger partial charge in [-0.25, -0.2) is 0 Å². The molecule has 0 saturated heterocycles. The fraction of sp³-hybridized carbons (Fsp3) is 0.118. The first kappa shape index (κ1) is 15.8. The maximum Gasteiger partial charge on any atom is 0.314 e. The van der Waals surface area contributed by atoms with Crippen molar-refractivity contribution in [3.8, 4) is 11.5 Å². The SMILES string of the molecule is O=c1cc(-c2nnc(C(F)F)o2)ccn1C/C=C/c1ccccc1. The van der Waals surface area contributed by atoms with E-state index < -0.39 is 12.3 Å². The normalized spacial score (nSPS) is 11.5. The molecular weight excluding hydrogens is 316 g/mol. The lowest BCUT2D eigenvalue weighted by atomic mass is 10.2. The summed E-state index contributed by atoms with van der Waals surface area (Å²) in [7, 11) is 0.